The van der Waals surface area contributed by atoms with E-state index < -0.39 is 0 Å². The quantitative estimate of drug-likeness (QED) is 0.362. The summed E-state index contributed by atoms with van der Waals surface area (Å²) in [6, 6.07) is 12.7. The van der Waals surface area contributed by atoms with Crippen molar-refractivity contribution in [3.8, 4) is 5.69 Å². The molecular weight excluding hydrogens is 462 g/mol. The average Bonchev–Trinajstić information content (AvgIpc) is 2.76. The number of rotatable bonds is 3. The molecule has 0 atom stereocenters. The number of alkyl halides is 1. The number of hydrogen-bond donors (Lipinski definition) is 0. The summed E-state index contributed by atoms with van der Waals surface area (Å²) >= 11 is 11.9. The van der Waals surface area contributed by atoms with Gasteiger partial charge in [-0.15, -0.1) is 11.6 Å². The molecular formula is C16H13BrClIN2. The number of nitrogens with zero attached hydrogens (tertiary/aromatic N) is 2. The predicted octanol–water partition coefficient (Wildman–Crippen LogP) is 5.48. The highest BCUT2D eigenvalue weighted by molar-refractivity contribution is 14.1. The molecule has 21 heavy (non-hydrogen) atoms. The molecule has 0 saturated carbocycles. The maximum absolute atomic E-state index is 5.95. The van der Waals surface area contributed by atoms with E-state index >= 15 is 0 Å². The molecule has 0 N–H and O–H groups in total. The molecule has 0 aliphatic rings. The Kier molecular flexibility index (Phi) is 4.57. The Hall–Kier alpha value is -0.590. The van der Waals surface area contributed by atoms with Gasteiger partial charge in [0.25, 0.3) is 0 Å². The molecule has 1 aromatic heterocycles. The van der Waals surface area contributed by atoms with Crippen molar-refractivity contribution in [2.75, 3.05) is 5.88 Å². The molecule has 5 heteroatoms. The number of fused-ring (bicyclic) bond motifs is 1. The smallest absolute Gasteiger partial charge is 0.115 e. The first-order chi connectivity index (χ1) is 10.1. The van der Waals surface area contributed by atoms with E-state index in [1.807, 2.05) is 0 Å². The predicted molar refractivity (Wildman–Crippen MR) is 101 cm³/mol. The highest BCUT2D eigenvalue weighted by atomic mass is 127. The van der Waals surface area contributed by atoms with Gasteiger partial charge in [-0.25, -0.2) is 4.98 Å². The second-order valence-corrected chi connectivity index (χ2v) is 7.37. The molecule has 1 heterocycles. The van der Waals surface area contributed by atoms with Crippen LogP contribution in [0.15, 0.2) is 40.9 Å². The minimum absolute atomic E-state index is 0.559. The van der Waals surface area contributed by atoms with E-state index in [2.05, 4.69) is 86.4 Å². The van der Waals surface area contributed by atoms with Gasteiger partial charge in [0.1, 0.15) is 5.82 Å². The molecule has 2 aromatic carbocycles. The SMILES string of the molecule is Cc1ccc(-n2c(CCCl)nc3cc(I)ccc32)c(Br)c1. The Balaban J connectivity index is 2.30. The Labute approximate surface area is 150 Å². The molecule has 0 unspecified atom stereocenters. The van der Waals surface area contributed by atoms with Crippen LogP contribution in [0.3, 0.4) is 0 Å². The van der Waals surface area contributed by atoms with Crippen LogP contribution in [0.25, 0.3) is 16.7 Å². The second kappa shape index (κ2) is 6.26. The van der Waals surface area contributed by atoms with Crippen LogP contribution in [0.4, 0.5) is 0 Å². The Morgan fingerprint density at radius 3 is 2.76 bits per heavy atom. The Bertz CT molecular complexity index is 813. The van der Waals surface area contributed by atoms with Crippen molar-refractivity contribution in [3.63, 3.8) is 0 Å². The monoisotopic (exact) mass is 474 g/mol. The zero-order chi connectivity index (χ0) is 15.0. The fourth-order valence-corrected chi connectivity index (χ4v) is 3.73. The molecule has 0 radical (unpaired) electrons. The molecule has 0 bridgehead atoms. The normalized spacial score (nSPS) is 11.2. The molecule has 3 rings (SSSR count). The number of aryl methyl sites for hydroxylation is 2. The van der Waals surface area contributed by atoms with Gasteiger partial charge in [0.15, 0.2) is 0 Å². The third kappa shape index (κ3) is 2.98. The van der Waals surface area contributed by atoms with Gasteiger partial charge in [0.2, 0.25) is 0 Å². The van der Waals surface area contributed by atoms with Crippen LogP contribution in [0, 0.1) is 10.5 Å². The van der Waals surface area contributed by atoms with Gasteiger partial charge in [-0.3, -0.25) is 4.57 Å². The molecule has 0 amide bonds. The third-order valence-corrected chi connectivity index (χ3v) is 4.84. The standard InChI is InChI=1S/C16H13BrClIN2/c1-10-2-4-14(12(17)8-10)21-15-5-3-11(19)9-13(15)20-16(21)6-7-18/h2-5,8-9H,6-7H2,1H3. The van der Waals surface area contributed by atoms with E-state index in [-0.39, 0.29) is 0 Å². The van der Waals surface area contributed by atoms with Crippen molar-refractivity contribution < 1.29 is 0 Å². The van der Waals surface area contributed by atoms with Gasteiger partial charge in [-0.1, -0.05) is 6.07 Å². The zero-order valence-corrected chi connectivity index (χ0v) is 15.9. The van der Waals surface area contributed by atoms with Gasteiger partial charge in [0.05, 0.1) is 16.7 Å². The number of benzene rings is 2. The Morgan fingerprint density at radius 2 is 2.05 bits per heavy atom. The number of aromatic nitrogens is 2. The van der Waals surface area contributed by atoms with Crippen molar-refractivity contribution in [3.05, 3.63) is 55.8 Å². The minimum atomic E-state index is 0.559. The van der Waals surface area contributed by atoms with Crippen LogP contribution >= 0.6 is 50.1 Å². The van der Waals surface area contributed by atoms with Crippen molar-refractivity contribution in [1.29, 1.82) is 0 Å². The van der Waals surface area contributed by atoms with Crippen LogP contribution in [-0.4, -0.2) is 15.4 Å². The lowest BCUT2D eigenvalue weighted by molar-refractivity contribution is 0.909. The van der Waals surface area contributed by atoms with Crippen molar-refractivity contribution in [1.82, 2.24) is 9.55 Å². The van der Waals surface area contributed by atoms with Gasteiger partial charge in [0, 0.05) is 20.3 Å². The van der Waals surface area contributed by atoms with E-state index in [9.17, 15) is 0 Å². The van der Waals surface area contributed by atoms with Crippen LogP contribution < -0.4 is 0 Å². The van der Waals surface area contributed by atoms with Gasteiger partial charge in [-0.05, 0) is 81.3 Å². The fourth-order valence-electron chi connectivity index (χ4n) is 2.42. The summed E-state index contributed by atoms with van der Waals surface area (Å²) in [6.45, 7) is 2.09. The van der Waals surface area contributed by atoms with E-state index in [1.165, 1.54) is 9.13 Å². The van der Waals surface area contributed by atoms with Gasteiger partial charge in [-0.2, -0.15) is 0 Å². The molecule has 108 valence electrons. The summed E-state index contributed by atoms with van der Waals surface area (Å²) in [5.74, 6) is 1.55. The second-order valence-electron chi connectivity index (χ2n) is 4.89. The Morgan fingerprint density at radius 1 is 1.24 bits per heavy atom. The fraction of sp³-hybridized carbons (Fsp3) is 0.188. The summed E-state index contributed by atoms with van der Waals surface area (Å²) in [4.78, 5) is 4.76. The summed E-state index contributed by atoms with van der Waals surface area (Å²) in [6.07, 6.45) is 0.743. The summed E-state index contributed by atoms with van der Waals surface area (Å²) in [5.41, 5.74) is 4.45. The van der Waals surface area contributed by atoms with E-state index in [0.717, 1.165) is 33.4 Å². The molecule has 3 aromatic rings. The van der Waals surface area contributed by atoms with E-state index in [4.69, 9.17) is 16.6 Å². The molecule has 0 fully saturated rings. The molecule has 0 aliphatic carbocycles. The van der Waals surface area contributed by atoms with E-state index in [1.54, 1.807) is 0 Å². The first kappa shape index (κ1) is 15.3. The van der Waals surface area contributed by atoms with Crippen molar-refractivity contribution in [2.45, 2.75) is 13.3 Å². The lowest BCUT2D eigenvalue weighted by Crippen LogP contribution is -2.03. The largest absolute Gasteiger partial charge is 0.295 e. The van der Waals surface area contributed by atoms with Crippen LogP contribution in [-0.2, 0) is 6.42 Å². The minimum Gasteiger partial charge on any atom is -0.295 e. The highest BCUT2D eigenvalue weighted by Crippen LogP contribution is 2.29. The van der Waals surface area contributed by atoms with E-state index in [0.29, 0.717) is 5.88 Å². The first-order valence-corrected chi connectivity index (χ1v) is 9.00. The summed E-state index contributed by atoms with van der Waals surface area (Å²) in [5, 5.41) is 0. The van der Waals surface area contributed by atoms with Gasteiger partial charge < -0.3 is 0 Å². The van der Waals surface area contributed by atoms with Crippen molar-refractivity contribution in [2.24, 2.45) is 0 Å². The average molecular weight is 476 g/mol. The summed E-state index contributed by atoms with van der Waals surface area (Å²) < 4.78 is 4.44. The van der Waals surface area contributed by atoms with Crippen LogP contribution in [0.1, 0.15) is 11.4 Å². The number of hydrogen-bond acceptors (Lipinski definition) is 1. The molecule has 0 aliphatic heterocycles. The summed E-state index contributed by atoms with van der Waals surface area (Å²) in [7, 11) is 0. The topological polar surface area (TPSA) is 17.8 Å². The molecule has 2 nitrogen and oxygen atoms in total. The van der Waals surface area contributed by atoms with Crippen LogP contribution in [0.5, 0.6) is 0 Å². The first-order valence-electron chi connectivity index (χ1n) is 6.59. The number of imidazole rings is 1. The maximum Gasteiger partial charge on any atom is 0.115 e. The maximum atomic E-state index is 5.95. The van der Waals surface area contributed by atoms with Crippen molar-refractivity contribution >= 4 is 61.2 Å². The van der Waals surface area contributed by atoms with Gasteiger partial charge >= 0.3 is 0 Å². The third-order valence-electron chi connectivity index (χ3n) is 3.35. The lowest BCUT2D eigenvalue weighted by Gasteiger charge is -2.11. The molecule has 0 spiro atoms. The van der Waals surface area contributed by atoms with Crippen LogP contribution in [0.2, 0.25) is 0 Å². The molecule has 0 saturated heterocycles. The zero-order valence-electron chi connectivity index (χ0n) is 11.4. The number of halogens is 3. The highest BCUT2D eigenvalue weighted by Gasteiger charge is 2.14. The lowest BCUT2D eigenvalue weighted by atomic mass is 10.2.